The largest absolute Gasteiger partial charge is 0.287 e. The second kappa shape index (κ2) is 20.9. The van der Waals surface area contributed by atoms with Gasteiger partial charge in [-0.15, -0.1) is 21.9 Å². The Balaban J connectivity index is 0.000000198. The van der Waals surface area contributed by atoms with Crippen LogP contribution >= 0.6 is 0 Å². The summed E-state index contributed by atoms with van der Waals surface area (Å²) in [6, 6.07) is 39.6. The molecule has 9 aromatic carbocycles. The van der Waals surface area contributed by atoms with Crippen LogP contribution in [0, 0.1) is 116 Å². The van der Waals surface area contributed by atoms with Crippen molar-refractivity contribution in [1.82, 2.24) is 0 Å². The highest BCUT2D eigenvalue weighted by atomic mass is 19.2. The number of pyridine rings is 1. The van der Waals surface area contributed by atoms with Gasteiger partial charge in [0.1, 0.15) is 52.7 Å². The van der Waals surface area contributed by atoms with Crippen LogP contribution in [0.2, 0.25) is 0 Å². The van der Waals surface area contributed by atoms with E-state index in [1.54, 1.807) is 0 Å². The average molecular weight is 1120 g/mol. The molecule has 0 saturated carbocycles. The van der Waals surface area contributed by atoms with E-state index >= 15 is 35.1 Å². The number of carbonyl (C=O) groups excluding carboxylic acids is 1. The van der Waals surface area contributed by atoms with Crippen molar-refractivity contribution in [1.29, 1.82) is 0 Å². The monoisotopic (exact) mass is 1120 g/mol. The molecule has 0 radical (unpaired) electrons. The van der Waals surface area contributed by atoms with Crippen molar-refractivity contribution < 1.29 is 97.2 Å². The molecule has 0 fully saturated rings. The van der Waals surface area contributed by atoms with Crippen molar-refractivity contribution in [3.8, 4) is 0 Å². The van der Waals surface area contributed by atoms with Crippen LogP contribution in [0.3, 0.4) is 0 Å². The first kappa shape index (κ1) is 55.0. The number of Topliss-reactive ketones (excluding diaryl/α,β-unsaturated/α-hetero) is 1. The molecule has 0 spiro atoms. The molecule has 79 heavy (non-hydrogen) atoms. The molecule has 10 rings (SSSR count). The molecule has 1 heterocycles. The Bertz CT molecular complexity index is 3740. The van der Waals surface area contributed by atoms with Gasteiger partial charge in [-0.1, -0.05) is 97.1 Å². The normalized spacial score (nSPS) is 11.7. The Morgan fingerprint density at radius 2 is 0.620 bits per heavy atom. The zero-order valence-corrected chi connectivity index (χ0v) is 39.0. The van der Waals surface area contributed by atoms with Gasteiger partial charge in [-0.05, 0) is 44.6 Å². The summed E-state index contributed by atoms with van der Waals surface area (Å²) < 4.78 is 296. The molecule has 0 aliphatic rings. The molecule has 23 heteroatoms. The number of hydrogen-bond donors (Lipinski definition) is 0. The molecule has 2 nitrogen and oxygen atoms in total. The fourth-order valence-electron chi connectivity index (χ4n) is 9.88. The second-order valence-electron chi connectivity index (χ2n) is 17.5. The number of nitrogens with zero attached hydrogens (tertiary/aromatic N) is 1. The molecular weight excluding hydrogens is 1090 g/mol. The first-order chi connectivity index (χ1) is 37.5. The number of benzene rings is 9. The zero-order chi connectivity index (χ0) is 57.3. The Morgan fingerprint density at radius 1 is 0.329 bits per heavy atom. The highest BCUT2D eigenvalue weighted by Crippen LogP contribution is 2.33. The van der Waals surface area contributed by atoms with Crippen LogP contribution in [0.1, 0.15) is 21.6 Å². The molecule has 0 N–H and O–H groups in total. The summed E-state index contributed by atoms with van der Waals surface area (Å²) >= 11 is 0. The number of halogens is 20. The summed E-state index contributed by atoms with van der Waals surface area (Å²) in [4.78, 5) is 13.2. The Hall–Kier alpha value is -8.76. The fraction of sp³-hybridized carbons (Fsp3) is 0.0357. The number of hydrogen-bond acceptors (Lipinski definition) is 1. The lowest BCUT2D eigenvalue weighted by molar-refractivity contribution is -0.688. The summed E-state index contributed by atoms with van der Waals surface area (Å²) in [5.41, 5.74) is -11.1. The Morgan fingerprint density at radius 3 is 0.975 bits per heavy atom. The fourth-order valence-corrected chi connectivity index (χ4v) is 9.88. The van der Waals surface area contributed by atoms with Crippen molar-refractivity contribution in [2.24, 2.45) is 0 Å². The predicted molar refractivity (Wildman–Crippen MR) is 248 cm³/mol. The van der Waals surface area contributed by atoms with Gasteiger partial charge in [-0.3, -0.25) is 4.79 Å². The van der Waals surface area contributed by atoms with E-state index in [4.69, 9.17) is 0 Å². The molecule has 0 amide bonds. The van der Waals surface area contributed by atoms with E-state index in [9.17, 15) is 57.5 Å². The first-order valence-electron chi connectivity index (χ1n) is 22.6. The number of carbonyl (C=O) groups is 1. The van der Waals surface area contributed by atoms with Gasteiger partial charge in [0.2, 0.25) is 12.3 Å². The smallest absolute Gasteiger partial charge is 0.227 e. The summed E-state index contributed by atoms with van der Waals surface area (Å²) in [5.74, 6) is -71.3. The zero-order valence-electron chi connectivity index (χ0n) is 39.0. The van der Waals surface area contributed by atoms with E-state index in [1.807, 2.05) is 30.3 Å². The maximum absolute atomic E-state index is 15.4. The van der Waals surface area contributed by atoms with Gasteiger partial charge in [0.15, 0.2) is 81.7 Å². The molecule has 0 bridgehead atoms. The average Bonchev–Trinajstić information content (AvgIpc) is 3.63. The van der Waals surface area contributed by atoms with Crippen molar-refractivity contribution in [2.45, 2.75) is 13.0 Å². The van der Waals surface area contributed by atoms with Crippen LogP contribution in [0.4, 0.5) is 87.8 Å². The topological polar surface area (TPSA) is 20.9 Å². The predicted octanol–water partition coefficient (Wildman–Crippen LogP) is 12.8. The molecule has 0 atom stereocenters. The molecule has 0 aliphatic carbocycles. The standard InChI is InChI=1S/C32H24NO.C24BF20/c34-32(24-11-2-1-3-12-24)22-33-19-18-23-10-4-9-17-29(23)31(33)21-30-27-15-7-5-13-25(27)20-26-14-6-8-16-28(26)30;26-5-1(6(27)14(35)21(42)13(5)34)25(2-7(28)15(36)22(43)16(37)8(2)29,3-9(30)17(38)23(44)18(39)10(3)31)4-11(32)19(40)24(45)20(41)12(4)33/h1-20H,21-22H2;/q+1;-1. The maximum atomic E-state index is 15.4. The van der Waals surface area contributed by atoms with Gasteiger partial charge in [-0.2, -0.15) is 4.57 Å². The van der Waals surface area contributed by atoms with Gasteiger partial charge >= 0.3 is 0 Å². The summed E-state index contributed by atoms with van der Waals surface area (Å²) in [7, 11) is 0. The first-order valence-corrected chi connectivity index (χ1v) is 22.6. The minimum absolute atomic E-state index is 0.116. The molecule has 10 aromatic rings. The number of ketones is 1. The maximum Gasteiger partial charge on any atom is 0.227 e. The Kier molecular flexibility index (Phi) is 14.5. The van der Waals surface area contributed by atoms with E-state index < -0.39 is 144 Å². The van der Waals surface area contributed by atoms with E-state index in [2.05, 4.69) is 95.7 Å². The minimum Gasteiger partial charge on any atom is -0.287 e. The summed E-state index contributed by atoms with van der Waals surface area (Å²) in [5, 5.41) is 7.37. The third kappa shape index (κ3) is 8.74. The van der Waals surface area contributed by atoms with Gasteiger partial charge in [-0.25, -0.2) is 87.8 Å². The summed E-state index contributed by atoms with van der Waals surface area (Å²) in [6.07, 6.45) is -4.41. The van der Waals surface area contributed by atoms with Crippen LogP contribution in [0.15, 0.2) is 121 Å². The second-order valence-corrected chi connectivity index (χ2v) is 17.5. The molecule has 0 saturated heterocycles. The van der Waals surface area contributed by atoms with Gasteiger partial charge in [0.05, 0.1) is 6.42 Å². The third-order valence-electron chi connectivity index (χ3n) is 13.4. The summed E-state index contributed by atoms with van der Waals surface area (Å²) in [6.45, 7) is 0.312. The van der Waals surface area contributed by atoms with Crippen LogP contribution < -0.4 is 26.4 Å². The van der Waals surface area contributed by atoms with Gasteiger partial charge < -0.3 is 0 Å². The van der Waals surface area contributed by atoms with Crippen LogP contribution in [0.25, 0.3) is 32.3 Å². The van der Waals surface area contributed by atoms with Gasteiger partial charge in [0.25, 0.3) is 0 Å². The number of fused-ring (bicyclic) bond motifs is 3. The van der Waals surface area contributed by atoms with E-state index in [0.29, 0.717) is 6.54 Å². The van der Waals surface area contributed by atoms with Crippen molar-refractivity contribution in [2.75, 3.05) is 0 Å². The van der Waals surface area contributed by atoms with Crippen LogP contribution in [-0.4, -0.2) is 11.9 Å². The SMILES string of the molecule is Fc1c(F)c(F)c([B-](c2c(F)c(F)c(F)c(F)c2F)(c2c(F)c(F)c(F)c(F)c2F)c2c(F)c(F)c(F)c(F)c2F)c(F)c1F.O=C(C[n+]1ccc2ccccc2c1Cc1c2ccccc2cc2ccccc12)c1ccccc1. The quantitative estimate of drug-likeness (QED) is 0.0268. The Labute approximate surface area is 429 Å². The molecular formula is C56H24BF20NO. The van der Waals surface area contributed by atoms with E-state index in [0.717, 1.165) is 17.7 Å². The van der Waals surface area contributed by atoms with Crippen molar-refractivity contribution >= 4 is 66.1 Å². The third-order valence-corrected chi connectivity index (χ3v) is 13.4. The lowest BCUT2D eigenvalue weighted by Gasteiger charge is -2.44. The van der Waals surface area contributed by atoms with Crippen LogP contribution in [0.5, 0.6) is 0 Å². The minimum atomic E-state index is -7.22. The molecule has 0 aliphatic heterocycles. The highest BCUT2D eigenvalue weighted by Gasteiger charge is 2.52. The molecule has 0 unspecified atom stereocenters. The lowest BCUT2D eigenvalue weighted by Crippen LogP contribution is -2.81. The van der Waals surface area contributed by atoms with Gasteiger partial charge in [0, 0.05) is 17.0 Å². The van der Waals surface area contributed by atoms with E-state index in [-0.39, 0.29) is 5.78 Å². The number of rotatable bonds is 9. The van der Waals surface area contributed by atoms with Crippen molar-refractivity contribution in [3.63, 3.8) is 0 Å². The lowest BCUT2D eigenvalue weighted by atomic mass is 9.12. The number of aromatic nitrogens is 1. The molecule has 402 valence electrons. The van der Waals surface area contributed by atoms with Crippen molar-refractivity contribution in [3.05, 3.63) is 255 Å². The highest BCUT2D eigenvalue weighted by molar-refractivity contribution is 7.20. The van der Waals surface area contributed by atoms with E-state index in [1.165, 1.54) is 37.9 Å². The molecule has 1 aromatic heterocycles. The van der Waals surface area contributed by atoms with Crippen LogP contribution in [-0.2, 0) is 13.0 Å².